The van der Waals surface area contributed by atoms with E-state index < -0.39 is 17.5 Å². The number of phenolic OH excluding ortho intramolecular Hbond substituents is 1. The number of halogens is 4. The SMILES string of the molecule is Cc1c(O)c(Cl)cc2c1Oc1c(cc(Cl)c3c1CCC(=O)O3)C21OC(=O)c2cc(Cl)c(Cl)cc21. The fourth-order valence-corrected chi connectivity index (χ4v) is 5.66. The summed E-state index contributed by atoms with van der Waals surface area (Å²) in [6, 6.07) is 6.03. The van der Waals surface area contributed by atoms with Gasteiger partial charge in [0.1, 0.15) is 17.2 Å². The van der Waals surface area contributed by atoms with Crippen molar-refractivity contribution in [3.63, 3.8) is 0 Å². The number of hydrogen-bond donors (Lipinski definition) is 1. The van der Waals surface area contributed by atoms with Gasteiger partial charge in [-0.1, -0.05) is 46.4 Å². The minimum absolute atomic E-state index is 0.0465. The van der Waals surface area contributed by atoms with Gasteiger partial charge in [-0.15, -0.1) is 0 Å². The minimum atomic E-state index is -1.55. The molecule has 0 radical (unpaired) electrons. The average Bonchev–Trinajstić information content (AvgIpc) is 3.06. The molecule has 0 saturated carbocycles. The molecule has 0 bridgehead atoms. The number of ether oxygens (including phenoxy) is 3. The lowest BCUT2D eigenvalue weighted by atomic mass is 9.76. The van der Waals surface area contributed by atoms with E-state index in [2.05, 4.69) is 0 Å². The molecule has 1 spiro atoms. The molecule has 0 amide bonds. The summed E-state index contributed by atoms with van der Waals surface area (Å²) in [5.74, 6) is -0.468. The molecule has 6 nitrogen and oxygen atoms in total. The predicted molar refractivity (Wildman–Crippen MR) is 125 cm³/mol. The second-order valence-corrected chi connectivity index (χ2v) is 9.84. The summed E-state index contributed by atoms with van der Waals surface area (Å²) in [6.07, 6.45) is 0.412. The van der Waals surface area contributed by atoms with Crippen LogP contribution >= 0.6 is 46.4 Å². The van der Waals surface area contributed by atoms with Crippen LogP contribution in [-0.4, -0.2) is 17.0 Å². The molecular formula is C24H12Cl4O6. The van der Waals surface area contributed by atoms with E-state index in [9.17, 15) is 14.7 Å². The maximum absolute atomic E-state index is 13.1. The monoisotopic (exact) mass is 536 g/mol. The van der Waals surface area contributed by atoms with Crippen LogP contribution in [0.1, 0.15) is 44.6 Å². The summed E-state index contributed by atoms with van der Waals surface area (Å²) in [6.45, 7) is 1.63. The summed E-state index contributed by atoms with van der Waals surface area (Å²) in [5, 5.41) is 11.1. The Hall–Kier alpha value is -2.64. The Balaban J connectivity index is 1.78. The van der Waals surface area contributed by atoms with Crippen LogP contribution in [0.25, 0.3) is 0 Å². The van der Waals surface area contributed by atoms with E-state index in [1.165, 1.54) is 18.2 Å². The highest BCUT2D eigenvalue weighted by Gasteiger charge is 2.55. The molecule has 6 rings (SSSR count). The Morgan fingerprint density at radius 3 is 2.21 bits per heavy atom. The van der Waals surface area contributed by atoms with Crippen molar-refractivity contribution in [2.45, 2.75) is 25.4 Å². The Bertz CT molecular complexity index is 1500. The quantitative estimate of drug-likeness (QED) is 0.253. The molecule has 1 N–H and O–H groups in total. The van der Waals surface area contributed by atoms with Crippen LogP contribution in [0.15, 0.2) is 24.3 Å². The summed E-state index contributed by atoms with van der Waals surface area (Å²) in [5.41, 5.74) is 0.770. The molecule has 3 aliphatic heterocycles. The lowest BCUT2D eigenvalue weighted by Crippen LogP contribution is -2.34. The van der Waals surface area contributed by atoms with Crippen LogP contribution in [0.5, 0.6) is 23.0 Å². The van der Waals surface area contributed by atoms with Crippen molar-refractivity contribution in [2.24, 2.45) is 0 Å². The number of fused-ring (bicyclic) bond motifs is 8. The first-order chi connectivity index (χ1) is 16.1. The van der Waals surface area contributed by atoms with Gasteiger partial charge in [0, 0.05) is 27.8 Å². The van der Waals surface area contributed by atoms with Gasteiger partial charge < -0.3 is 19.3 Å². The van der Waals surface area contributed by atoms with Gasteiger partial charge >= 0.3 is 11.9 Å². The van der Waals surface area contributed by atoms with Gasteiger partial charge in [0.25, 0.3) is 0 Å². The van der Waals surface area contributed by atoms with Crippen LogP contribution in [0, 0.1) is 6.92 Å². The van der Waals surface area contributed by atoms with Gasteiger partial charge in [-0.25, -0.2) is 4.79 Å². The first-order valence-corrected chi connectivity index (χ1v) is 11.6. The van der Waals surface area contributed by atoms with E-state index in [0.29, 0.717) is 40.0 Å². The molecule has 3 aromatic carbocycles. The maximum atomic E-state index is 13.1. The molecule has 10 heteroatoms. The third-order valence-electron chi connectivity index (χ3n) is 6.38. The Kier molecular flexibility index (Phi) is 4.62. The van der Waals surface area contributed by atoms with Crippen molar-refractivity contribution in [1.29, 1.82) is 0 Å². The summed E-state index contributed by atoms with van der Waals surface area (Å²) in [4.78, 5) is 25.1. The fourth-order valence-electron chi connectivity index (χ4n) is 4.82. The number of carbonyl (C=O) groups is 2. The second kappa shape index (κ2) is 7.18. The Morgan fingerprint density at radius 2 is 1.44 bits per heavy atom. The molecule has 0 fully saturated rings. The topological polar surface area (TPSA) is 82.1 Å². The van der Waals surface area contributed by atoms with Crippen LogP contribution < -0.4 is 9.47 Å². The third kappa shape index (κ3) is 2.71. The fraction of sp³-hybridized carbons (Fsp3) is 0.167. The number of esters is 2. The molecule has 3 heterocycles. The molecule has 3 aromatic rings. The van der Waals surface area contributed by atoms with E-state index in [1.807, 2.05) is 0 Å². The number of phenols is 1. The highest BCUT2D eigenvalue weighted by Crippen LogP contribution is 2.61. The Morgan fingerprint density at radius 1 is 0.794 bits per heavy atom. The number of rotatable bonds is 0. The lowest BCUT2D eigenvalue weighted by molar-refractivity contribution is -0.135. The molecule has 1 unspecified atom stereocenters. The van der Waals surface area contributed by atoms with E-state index in [1.54, 1.807) is 13.0 Å². The third-order valence-corrected chi connectivity index (χ3v) is 7.67. The van der Waals surface area contributed by atoms with Crippen LogP contribution in [0.2, 0.25) is 20.1 Å². The van der Waals surface area contributed by atoms with Gasteiger partial charge in [-0.2, -0.15) is 0 Å². The molecule has 3 aliphatic rings. The molecule has 172 valence electrons. The molecule has 0 saturated heterocycles. The number of aromatic hydroxyl groups is 1. The molecular weight excluding hydrogens is 526 g/mol. The van der Waals surface area contributed by atoms with Crippen LogP contribution in [0.4, 0.5) is 0 Å². The van der Waals surface area contributed by atoms with Crippen molar-refractivity contribution >= 4 is 58.3 Å². The number of benzene rings is 3. The van der Waals surface area contributed by atoms with Gasteiger partial charge in [0.05, 0.1) is 32.1 Å². The number of carbonyl (C=O) groups excluding carboxylic acids is 2. The summed E-state index contributed by atoms with van der Waals surface area (Å²) in [7, 11) is 0. The van der Waals surface area contributed by atoms with Crippen molar-refractivity contribution in [2.75, 3.05) is 0 Å². The van der Waals surface area contributed by atoms with Crippen molar-refractivity contribution in [3.8, 4) is 23.0 Å². The minimum Gasteiger partial charge on any atom is -0.506 e. The first-order valence-electron chi connectivity index (χ1n) is 10.1. The van der Waals surface area contributed by atoms with Gasteiger partial charge in [0.15, 0.2) is 11.4 Å². The van der Waals surface area contributed by atoms with E-state index >= 15 is 0 Å². The zero-order valence-corrected chi connectivity index (χ0v) is 20.2. The lowest BCUT2D eigenvalue weighted by Gasteiger charge is -2.39. The maximum Gasteiger partial charge on any atom is 0.340 e. The van der Waals surface area contributed by atoms with Crippen LogP contribution in [-0.2, 0) is 21.6 Å². The van der Waals surface area contributed by atoms with Gasteiger partial charge in [0.2, 0.25) is 0 Å². The summed E-state index contributed by atoms with van der Waals surface area (Å²) < 4.78 is 17.8. The first kappa shape index (κ1) is 21.9. The molecule has 34 heavy (non-hydrogen) atoms. The van der Waals surface area contributed by atoms with E-state index in [0.717, 1.165) is 0 Å². The summed E-state index contributed by atoms with van der Waals surface area (Å²) >= 11 is 25.5. The van der Waals surface area contributed by atoms with Crippen LogP contribution in [0.3, 0.4) is 0 Å². The number of hydrogen-bond acceptors (Lipinski definition) is 6. The largest absolute Gasteiger partial charge is 0.506 e. The van der Waals surface area contributed by atoms with Crippen molar-refractivity contribution < 1.29 is 28.9 Å². The zero-order valence-electron chi connectivity index (χ0n) is 17.2. The van der Waals surface area contributed by atoms with Gasteiger partial charge in [-0.3, -0.25) is 4.79 Å². The van der Waals surface area contributed by atoms with Gasteiger partial charge in [-0.05, 0) is 37.6 Å². The normalized spacial score (nSPS) is 19.6. The zero-order chi connectivity index (χ0) is 24.1. The average molecular weight is 538 g/mol. The van der Waals surface area contributed by atoms with Crippen molar-refractivity contribution in [1.82, 2.24) is 0 Å². The van der Waals surface area contributed by atoms with E-state index in [4.69, 9.17) is 60.6 Å². The smallest absolute Gasteiger partial charge is 0.340 e. The highest BCUT2D eigenvalue weighted by molar-refractivity contribution is 6.42. The molecule has 0 aromatic heterocycles. The predicted octanol–water partition coefficient (Wildman–Crippen LogP) is 6.73. The Labute approximate surface area is 212 Å². The van der Waals surface area contributed by atoms with Crippen molar-refractivity contribution in [3.05, 3.63) is 77.7 Å². The van der Waals surface area contributed by atoms with E-state index in [-0.39, 0.29) is 49.3 Å². The standard InChI is InChI=1S/C24H12Cl4O6/c1-8-19(30)16(27)6-12-20(8)33-21-9-2-3-18(29)32-22(9)17(28)7-13(21)24(12)11-5-15(26)14(25)4-10(11)23(31)34-24/h4-7,30H,2-3H2,1H3. The molecule has 0 aliphatic carbocycles. The highest BCUT2D eigenvalue weighted by atomic mass is 35.5. The molecule has 1 atom stereocenters. The second-order valence-electron chi connectivity index (χ2n) is 8.21.